The molecule has 0 bridgehead atoms. The maximum Gasteiger partial charge on any atom is 0.240 e. The zero-order valence-corrected chi connectivity index (χ0v) is 11.1. The van der Waals surface area contributed by atoms with Gasteiger partial charge in [0.15, 0.2) is 0 Å². The molecule has 8 heteroatoms. The van der Waals surface area contributed by atoms with E-state index in [4.69, 9.17) is 16.7 Å². The number of rotatable bonds is 3. The summed E-state index contributed by atoms with van der Waals surface area (Å²) in [5.74, 6) is -0.382. The van der Waals surface area contributed by atoms with Gasteiger partial charge >= 0.3 is 0 Å². The summed E-state index contributed by atoms with van der Waals surface area (Å²) in [6, 6.07) is 4.02. The average Bonchev–Trinajstić information content (AvgIpc) is 2.19. The predicted molar refractivity (Wildman–Crippen MR) is 65.2 cm³/mol. The van der Waals surface area contributed by atoms with Crippen molar-refractivity contribution < 1.29 is 13.2 Å². The molecule has 16 heavy (non-hydrogen) atoms. The van der Waals surface area contributed by atoms with Gasteiger partial charge in [0.05, 0.1) is 11.0 Å². The Hall–Kier alpha value is -0.630. The van der Waals surface area contributed by atoms with E-state index in [0.29, 0.717) is 0 Å². The number of halogens is 2. The van der Waals surface area contributed by atoms with Crippen LogP contribution in [0.3, 0.4) is 0 Å². The molecular weight excluding hydrogens is 320 g/mol. The van der Waals surface area contributed by atoms with Crippen LogP contribution in [0.5, 0.6) is 0 Å². The Kier molecular flexibility index (Phi) is 4.31. The van der Waals surface area contributed by atoms with Gasteiger partial charge in [-0.2, -0.15) is 0 Å². The van der Waals surface area contributed by atoms with Crippen LogP contribution in [0.1, 0.15) is 0 Å². The lowest BCUT2D eigenvalue weighted by molar-refractivity contribution is -0.113. The number of nitrogens with one attached hydrogen (secondary N) is 1. The Morgan fingerprint density at radius 2 is 2.12 bits per heavy atom. The van der Waals surface area contributed by atoms with E-state index < -0.39 is 10.0 Å². The van der Waals surface area contributed by atoms with E-state index in [2.05, 4.69) is 21.2 Å². The van der Waals surface area contributed by atoms with E-state index in [1.54, 1.807) is 0 Å². The monoisotopic (exact) mass is 326 g/mol. The third-order valence-electron chi connectivity index (χ3n) is 1.65. The van der Waals surface area contributed by atoms with E-state index >= 15 is 0 Å². The minimum Gasteiger partial charge on any atom is -0.324 e. The first-order valence-corrected chi connectivity index (χ1v) is 7.07. The lowest BCUT2D eigenvalue weighted by atomic mass is 10.3. The molecule has 0 saturated heterocycles. The van der Waals surface area contributed by atoms with Crippen LogP contribution >= 0.6 is 27.5 Å². The first kappa shape index (κ1) is 13.4. The highest BCUT2D eigenvalue weighted by atomic mass is 79.9. The number of alkyl halides is 1. The van der Waals surface area contributed by atoms with E-state index in [-0.39, 0.29) is 26.8 Å². The molecule has 0 heterocycles. The molecule has 0 aromatic heterocycles. The van der Waals surface area contributed by atoms with Crippen molar-refractivity contribution in [2.75, 3.05) is 10.6 Å². The van der Waals surface area contributed by atoms with Gasteiger partial charge in [0, 0.05) is 5.02 Å². The fourth-order valence-corrected chi connectivity index (χ4v) is 2.11. The van der Waals surface area contributed by atoms with Crippen molar-refractivity contribution in [1.29, 1.82) is 0 Å². The van der Waals surface area contributed by atoms with Crippen molar-refractivity contribution >= 4 is 49.1 Å². The molecule has 0 radical (unpaired) electrons. The molecule has 1 amide bonds. The van der Waals surface area contributed by atoms with Gasteiger partial charge in [0.1, 0.15) is 4.90 Å². The third-order valence-corrected chi connectivity index (χ3v) is 3.34. The molecule has 1 rings (SSSR count). The second kappa shape index (κ2) is 5.13. The number of primary sulfonamides is 1. The minimum atomic E-state index is -3.92. The fraction of sp³-hybridized carbons (Fsp3) is 0.125. The summed E-state index contributed by atoms with van der Waals surface area (Å²) < 4.78 is 22.5. The maximum absolute atomic E-state index is 11.2. The molecule has 0 aliphatic heterocycles. The highest BCUT2D eigenvalue weighted by Gasteiger charge is 2.15. The molecule has 1 aromatic rings. The zero-order chi connectivity index (χ0) is 12.3. The lowest BCUT2D eigenvalue weighted by Crippen LogP contribution is -2.18. The van der Waals surface area contributed by atoms with Crippen LogP contribution in [0.4, 0.5) is 5.69 Å². The number of amides is 1. The Balaban J connectivity index is 3.24. The molecule has 1 aromatic carbocycles. The van der Waals surface area contributed by atoms with Crippen LogP contribution in [0.2, 0.25) is 5.02 Å². The van der Waals surface area contributed by atoms with Gasteiger partial charge in [-0.3, -0.25) is 4.79 Å². The number of hydrogen-bond donors (Lipinski definition) is 2. The van der Waals surface area contributed by atoms with Crippen molar-refractivity contribution in [3.8, 4) is 0 Å². The van der Waals surface area contributed by atoms with Crippen LogP contribution in [-0.4, -0.2) is 19.7 Å². The van der Waals surface area contributed by atoms with Gasteiger partial charge < -0.3 is 5.32 Å². The Morgan fingerprint density at radius 3 is 2.62 bits per heavy atom. The van der Waals surface area contributed by atoms with Crippen molar-refractivity contribution in [2.45, 2.75) is 4.90 Å². The quantitative estimate of drug-likeness (QED) is 0.821. The number of sulfonamides is 1. The van der Waals surface area contributed by atoms with Gasteiger partial charge in [-0.05, 0) is 18.2 Å². The van der Waals surface area contributed by atoms with Crippen molar-refractivity contribution in [1.82, 2.24) is 0 Å². The molecule has 0 unspecified atom stereocenters. The largest absolute Gasteiger partial charge is 0.324 e. The number of carbonyl (C=O) groups excluding carboxylic acids is 1. The first-order chi connectivity index (χ1) is 7.34. The van der Waals surface area contributed by atoms with Crippen LogP contribution in [0, 0.1) is 0 Å². The molecule has 5 nitrogen and oxygen atoms in total. The zero-order valence-electron chi connectivity index (χ0n) is 7.91. The Labute approximate surface area is 106 Å². The number of hydrogen-bond acceptors (Lipinski definition) is 3. The van der Waals surface area contributed by atoms with E-state index in [1.807, 2.05) is 0 Å². The van der Waals surface area contributed by atoms with Crippen molar-refractivity contribution in [3.63, 3.8) is 0 Å². The smallest absolute Gasteiger partial charge is 0.240 e. The lowest BCUT2D eigenvalue weighted by Gasteiger charge is -2.08. The highest BCUT2D eigenvalue weighted by Crippen LogP contribution is 2.24. The highest BCUT2D eigenvalue weighted by molar-refractivity contribution is 9.09. The third kappa shape index (κ3) is 3.44. The SMILES string of the molecule is NS(=O)(=O)c1cc(Cl)ccc1NC(=O)CBr. The first-order valence-electron chi connectivity index (χ1n) is 4.03. The van der Waals surface area contributed by atoms with Gasteiger partial charge in [-0.25, -0.2) is 13.6 Å². The number of carbonyl (C=O) groups is 1. The van der Waals surface area contributed by atoms with E-state index in [1.165, 1.54) is 18.2 Å². The molecule has 3 N–H and O–H groups in total. The molecule has 0 aliphatic rings. The van der Waals surface area contributed by atoms with E-state index in [9.17, 15) is 13.2 Å². The second-order valence-corrected chi connectivity index (χ2v) is 5.39. The fourth-order valence-electron chi connectivity index (χ4n) is 1.02. The summed E-state index contributed by atoms with van der Waals surface area (Å²) in [4.78, 5) is 10.9. The molecule has 0 atom stereocenters. The summed E-state index contributed by atoms with van der Waals surface area (Å²) in [6.45, 7) is 0. The van der Waals surface area contributed by atoms with Crippen LogP contribution in [-0.2, 0) is 14.8 Å². The Bertz CT molecular complexity index is 518. The summed E-state index contributed by atoms with van der Waals surface area (Å²) in [7, 11) is -3.92. The van der Waals surface area contributed by atoms with Crippen LogP contribution in [0.15, 0.2) is 23.1 Å². The van der Waals surface area contributed by atoms with Gasteiger partial charge in [0.2, 0.25) is 15.9 Å². The summed E-state index contributed by atoms with van der Waals surface area (Å²) >= 11 is 8.59. The Morgan fingerprint density at radius 1 is 1.50 bits per heavy atom. The number of benzene rings is 1. The predicted octanol–water partition coefficient (Wildman–Crippen LogP) is 1.32. The normalized spacial score (nSPS) is 11.2. The van der Waals surface area contributed by atoms with E-state index in [0.717, 1.165) is 0 Å². The van der Waals surface area contributed by atoms with Gasteiger partial charge in [0.25, 0.3) is 0 Å². The minimum absolute atomic E-state index is 0.0552. The summed E-state index contributed by atoms with van der Waals surface area (Å²) in [5, 5.41) is 7.66. The molecular formula is C8H8BrClN2O3S. The van der Waals surface area contributed by atoms with Gasteiger partial charge in [-0.15, -0.1) is 0 Å². The topological polar surface area (TPSA) is 89.3 Å². The molecule has 0 spiro atoms. The number of anilines is 1. The standard InChI is InChI=1S/C8H8BrClN2O3S/c9-4-8(13)12-6-2-1-5(10)3-7(6)16(11,14)15/h1-3H,4H2,(H,12,13)(H2,11,14,15). The summed E-state index contributed by atoms with van der Waals surface area (Å²) in [6.07, 6.45) is 0. The maximum atomic E-state index is 11.2. The second-order valence-electron chi connectivity index (χ2n) is 2.87. The van der Waals surface area contributed by atoms with Crippen LogP contribution < -0.4 is 10.5 Å². The van der Waals surface area contributed by atoms with Crippen LogP contribution in [0.25, 0.3) is 0 Å². The average molecular weight is 328 g/mol. The summed E-state index contributed by atoms with van der Waals surface area (Å²) in [5.41, 5.74) is 0.108. The van der Waals surface area contributed by atoms with Crippen molar-refractivity contribution in [3.05, 3.63) is 23.2 Å². The molecule has 0 fully saturated rings. The number of nitrogens with two attached hydrogens (primary N) is 1. The van der Waals surface area contributed by atoms with Crippen molar-refractivity contribution in [2.24, 2.45) is 5.14 Å². The molecule has 0 aliphatic carbocycles. The molecule has 88 valence electrons. The van der Waals surface area contributed by atoms with Gasteiger partial charge in [-0.1, -0.05) is 27.5 Å². The molecule has 0 saturated carbocycles.